The number of likely N-dealkylation sites (N-methyl/N-ethyl adjacent to an activating group) is 2. The molecule has 6 rings (SSSR count). The van der Waals surface area contributed by atoms with E-state index in [1.807, 2.05) is 30.3 Å². The fraction of sp³-hybridized carbons (Fsp3) is 0.262. The highest BCUT2D eigenvalue weighted by Gasteiger charge is 2.44. The van der Waals surface area contributed by atoms with Crippen LogP contribution in [0.5, 0.6) is 0 Å². The maximum absolute atomic E-state index is 12.1. The third-order valence-corrected chi connectivity index (χ3v) is 10.1. The van der Waals surface area contributed by atoms with Gasteiger partial charge in [-0.3, -0.25) is 9.59 Å². The van der Waals surface area contributed by atoms with Crippen molar-refractivity contribution >= 4 is 50.5 Å². The normalized spacial score (nSPS) is 17.5. The topological polar surface area (TPSA) is 72.7 Å². The Labute approximate surface area is 283 Å². The van der Waals surface area contributed by atoms with Crippen LogP contribution in [0.2, 0.25) is 0 Å². The van der Waals surface area contributed by atoms with Crippen LogP contribution in [0, 0.1) is 0 Å². The summed E-state index contributed by atoms with van der Waals surface area (Å²) < 4.78 is 2.27. The average Bonchev–Trinajstić information content (AvgIpc) is 3.37. The smallest absolute Gasteiger partial charge is 0.307 e. The number of fused-ring (bicyclic) bond motifs is 6. The molecule has 6 heteroatoms. The first-order valence-corrected chi connectivity index (χ1v) is 16.5. The van der Waals surface area contributed by atoms with Gasteiger partial charge in [-0.05, 0) is 70.3 Å². The van der Waals surface area contributed by atoms with E-state index in [2.05, 4.69) is 129 Å². The van der Waals surface area contributed by atoms with E-state index < -0.39 is 5.97 Å². The van der Waals surface area contributed by atoms with E-state index in [1.54, 1.807) is 7.05 Å². The summed E-state index contributed by atoms with van der Waals surface area (Å²) in [6.07, 6.45) is 15.1. The number of hydrogen-bond donors (Lipinski definition) is 2. The van der Waals surface area contributed by atoms with Crippen LogP contribution in [0.15, 0.2) is 109 Å². The van der Waals surface area contributed by atoms with Gasteiger partial charge < -0.3 is 15.3 Å². The van der Waals surface area contributed by atoms with Gasteiger partial charge in [0.25, 0.3) is 0 Å². The second-order valence-corrected chi connectivity index (χ2v) is 13.9. The molecule has 0 atom stereocenters. The SMILES string of the molecule is CNC(=O)Cc1ccc2ccc3c(c2c1)C(C)(C)C(/C=C/C=C/C=C/C=C1/N(C)c2ccc4ccc(CC(=O)O)cc4c2C1(C)C)=[N+]3C. The first kappa shape index (κ1) is 32.7. The van der Waals surface area contributed by atoms with Crippen molar-refractivity contribution in [3.8, 4) is 0 Å². The highest BCUT2D eigenvalue weighted by atomic mass is 16.4. The Balaban J connectivity index is 1.21. The van der Waals surface area contributed by atoms with Crippen molar-refractivity contribution in [3.05, 3.63) is 131 Å². The minimum atomic E-state index is -0.822. The van der Waals surface area contributed by atoms with E-state index >= 15 is 0 Å². The van der Waals surface area contributed by atoms with Crippen molar-refractivity contribution < 1.29 is 19.3 Å². The number of benzene rings is 4. The van der Waals surface area contributed by atoms with Gasteiger partial charge in [0.2, 0.25) is 11.6 Å². The van der Waals surface area contributed by atoms with Gasteiger partial charge >= 0.3 is 5.97 Å². The number of rotatable bonds is 8. The van der Waals surface area contributed by atoms with E-state index in [9.17, 15) is 14.7 Å². The monoisotopic (exact) mass is 638 g/mol. The Morgan fingerprint density at radius 2 is 1.38 bits per heavy atom. The summed E-state index contributed by atoms with van der Waals surface area (Å²) in [5, 5.41) is 16.7. The number of carbonyl (C=O) groups excluding carboxylic acids is 1. The summed E-state index contributed by atoms with van der Waals surface area (Å²) in [6.45, 7) is 9.00. The number of carbonyl (C=O) groups is 2. The Kier molecular flexibility index (Phi) is 8.46. The van der Waals surface area contributed by atoms with Gasteiger partial charge in [0, 0.05) is 48.6 Å². The maximum Gasteiger partial charge on any atom is 0.307 e. The molecule has 0 aromatic heterocycles. The molecule has 0 fully saturated rings. The van der Waals surface area contributed by atoms with Gasteiger partial charge in [-0.15, -0.1) is 0 Å². The lowest BCUT2D eigenvalue weighted by molar-refractivity contribution is -0.401. The summed E-state index contributed by atoms with van der Waals surface area (Å²) in [5.41, 5.74) is 8.60. The molecule has 244 valence electrons. The molecule has 2 aliphatic rings. The van der Waals surface area contributed by atoms with Crippen LogP contribution >= 0.6 is 0 Å². The summed E-state index contributed by atoms with van der Waals surface area (Å²) in [6, 6.07) is 20.9. The zero-order chi connectivity index (χ0) is 34.4. The molecule has 4 aromatic carbocycles. The molecule has 2 N–H and O–H groups in total. The van der Waals surface area contributed by atoms with Crippen molar-refractivity contribution in [3.63, 3.8) is 0 Å². The lowest BCUT2D eigenvalue weighted by atomic mass is 9.78. The van der Waals surface area contributed by atoms with Gasteiger partial charge in [-0.1, -0.05) is 86.7 Å². The van der Waals surface area contributed by atoms with Gasteiger partial charge in [-0.25, -0.2) is 0 Å². The van der Waals surface area contributed by atoms with Gasteiger partial charge in [0.05, 0.1) is 18.3 Å². The second-order valence-electron chi connectivity index (χ2n) is 13.9. The third kappa shape index (κ3) is 5.66. The largest absolute Gasteiger partial charge is 0.481 e. The molecule has 0 saturated heterocycles. The zero-order valence-electron chi connectivity index (χ0n) is 28.9. The maximum atomic E-state index is 12.1. The number of anilines is 1. The molecule has 48 heavy (non-hydrogen) atoms. The van der Waals surface area contributed by atoms with Gasteiger partial charge in [-0.2, -0.15) is 4.58 Å². The van der Waals surface area contributed by atoms with Gasteiger partial charge in [0.15, 0.2) is 5.71 Å². The molecule has 0 unspecified atom stereocenters. The fourth-order valence-electron chi connectivity index (χ4n) is 7.73. The average molecular weight is 639 g/mol. The molecule has 0 bridgehead atoms. The molecule has 0 saturated carbocycles. The van der Waals surface area contributed by atoms with E-state index in [-0.39, 0.29) is 23.2 Å². The van der Waals surface area contributed by atoms with Crippen molar-refractivity contribution in [2.45, 2.75) is 51.4 Å². The lowest BCUT2D eigenvalue weighted by Crippen LogP contribution is -2.26. The van der Waals surface area contributed by atoms with Crippen LogP contribution in [0.25, 0.3) is 21.5 Å². The van der Waals surface area contributed by atoms with Crippen molar-refractivity contribution in [1.82, 2.24) is 5.32 Å². The quantitative estimate of drug-likeness (QED) is 0.152. The highest BCUT2D eigenvalue weighted by Crippen LogP contribution is 2.50. The molecule has 4 aromatic rings. The van der Waals surface area contributed by atoms with Crippen LogP contribution in [0.3, 0.4) is 0 Å². The molecule has 0 spiro atoms. The highest BCUT2D eigenvalue weighted by molar-refractivity contribution is 6.08. The minimum Gasteiger partial charge on any atom is -0.481 e. The molecule has 1 amide bonds. The predicted molar refractivity (Wildman–Crippen MR) is 198 cm³/mol. The number of carboxylic acids is 1. The Hall–Kier alpha value is -5.23. The number of nitrogens with one attached hydrogen (secondary N) is 1. The molecular formula is C42H44N3O3+. The number of carboxylic acid groups (broad SMARTS) is 1. The molecule has 2 aliphatic heterocycles. The summed E-state index contributed by atoms with van der Waals surface area (Å²) in [7, 11) is 5.89. The Morgan fingerprint density at radius 1 is 0.792 bits per heavy atom. The van der Waals surface area contributed by atoms with E-state index in [4.69, 9.17) is 0 Å². The summed E-state index contributed by atoms with van der Waals surface area (Å²) in [4.78, 5) is 25.7. The van der Waals surface area contributed by atoms with E-state index in [0.717, 1.165) is 27.6 Å². The first-order valence-electron chi connectivity index (χ1n) is 16.5. The number of aliphatic carboxylic acids is 1. The van der Waals surface area contributed by atoms with Crippen LogP contribution in [0.4, 0.5) is 11.4 Å². The molecule has 0 aliphatic carbocycles. The van der Waals surface area contributed by atoms with Crippen molar-refractivity contribution in [2.24, 2.45) is 0 Å². The van der Waals surface area contributed by atoms with Crippen LogP contribution in [-0.2, 0) is 33.3 Å². The molecule has 2 heterocycles. The zero-order valence-corrected chi connectivity index (χ0v) is 28.9. The summed E-state index contributed by atoms with van der Waals surface area (Å²) in [5.74, 6) is -0.812. The second kappa shape index (κ2) is 12.4. The van der Waals surface area contributed by atoms with Crippen LogP contribution < -0.4 is 10.2 Å². The van der Waals surface area contributed by atoms with Crippen LogP contribution in [-0.4, -0.2) is 48.4 Å². The minimum absolute atomic E-state index is 0.0104. The van der Waals surface area contributed by atoms with E-state index in [1.165, 1.54) is 39.0 Å². The third-order valence-electron chi connectivity index (χ3n) is 10.1. The van der Waals surface area contributed by atoms with Gasteiger partial charge in [0.1, 0.15) is 7.05 Å². The number of allylic oxidation sites excluding steroid dienone is 8. The predicted octanol–water partition coefficient (Wildman–Crippen LogP) is 7.89. The molecule has 6 nitrogen and oxygen atoms in total. The fourth-order valence-corrected chi connectivity index (χ4v) is 7.73. The number of nitrogens with zero attached hydrogens (tertiary/aromatic N) is 2. The standard InChI is InChI=1S/C42H43N3O3/c1-41(2)35(44(6)33-21-19-29-17-15-27(25-37(46)43-5)23-31(29)39(33)41)13-11-9-8-10-12-14-36-42(3,4)40-32-24-28(26-38(47)48)16-18-30(32)20-22-34(40)45(36)7/h8-24H,25-26H2,1-7H3,(H-,43,46,47,48)/p+1. The van der Waals surface area contributed by atoms with Crippen molar-refractivity contribution in [2.75, 3.05) is 26.0 Å². The number of hydrogen-bond acceptors (Lipinski definition) is 3. The van der Waals surface area contributed by atoms with Crippen LogP contribution in [0.1, 0.15) is 49.9 Å². The molecular weight excluding hydrogens is 594 g/mol. The first-order chi connectivity index (χ1) is 22.8. The van der Waals surface area contributed by atoms with E-state index in [0.29, 0.717) is 6.42 Å². The molecule has 0 radical (unpaired) electrons. The van der Waals surface area contributed by atoms with Crippen molar-refractivity contribution in [1.29, 1.82) is 0 Å². The summed E-state index contributed by atoms with van der Waals surface area (Å²) >= 11 is 0. The lowest BCUT2D eigenvalue weighted by Gasteiger charge is -2.24. The Morgan fingerprint density at radius 3 is 2.04 bits per heavy atom. The Bertz CT molecular complexity index is 2140. The number of amides is 1.